The minimum Gasteiger partial charge on any atom is -0.315 e. The van der Waals surface area contributed by atoms with Crippen LogP contribution in [-0.2, 0) is 20.0 Å². The van der Waals surface area contributed by atoms with Crippen molar-refractivity contribution in [2.24, 2.45) is 5.14 Å². The van der Waals surface area contributed by atoms with Gasteiger partial charge in [0, 0.05) is 23.5 Å². The van der Waals surface area contributed by atoms with E-state index in [0.717, 1.165) is 5.39 Å². The van der Waals surface area contributed by atoms with Crippen LogP contribution in [-0.4, -0.2) is 66.8 Å². The zero-order valence-electron chi connectivity index (χ0n) is 17.0. The maximum absolute atomic E-state index is 13.3. The fraction of sp³-hybridized carbons (Fsp3) is 0.222. The van der Waals surface area contributed by atoms with Gasteiger partial charge in [-0.05, 0) is 35.0 Å². The molecule has 15 heteroatoms. The monoisotopic (exact) mass is 489 g/mol. The average Bonchev–Trinajstić information content (AvgIpc) is 3.53. The Hall–Kier alpha value is -3.24. The Morgan fingerprint density at radius 1 is 1.06 bits per heavy atom. The fourth-order valence-electron chi connectivity index (χ4n) is 4.01. The van der Waals surface area contributed by atoms with Gasteiger partial charge in [-0.2, -0.15) is 5.10 Å². The summed E-state index contributed by atoms with van der Waals surface area (Å²) in [6.45, 7) is 1.08. The summed E-state index contributed by atoms with van der Waals surface area (Å²) < 4.78 is 54.7. The lowest BCUT2D eigenvalue weighted by atomic mass is 9.97. The van der Waals surface area contributed by atoms with Crippen molar-refractivity contribution in [3.63, 3.8) is 0 Å². The molecule has 1 fully saturated rings. The number of aromatic nitrogens is 6. The quantitative estimate of drug-likeness (QED) is 0.241. The van der Waals surface area contributed by atoms with E-state index in [1.54, 1.807) is 18.3 Å². The van der Waals surface area contributed by atoms with E-state index in [9.17, 15) is 16.8 Å². The number of hydrogen-bond donors (Lipinski definition) is 5. The second-order valence-electron chi connectivity index (χ2n) is 7.56. The molecule has 33 heavy (non-hydrogen) atoms. The van der Waals surface area contributed by atoms with E-state index in [1.807, 2.05) is 6.07 Å². The van der Waals surface area contributed by atoms with Gasteiger partial charge in [-0.1, -0.05) is 24.3 Å². The van der Waals surface area contributed by atoms with Crippen LogP contribution in [0.3, 0.4) is 0 Å². The molecule has 1 unspecified atom stereocenters. The van der Waals surface area contributed by atoms with Crippen molar-refractivity contribution in [3.8, 4) is 22.5 Å². The molecule has 0 aliphatic carbocycles. The highest BCUT2D eigenvalue weighted by molar-refractivity contribution is 7.92. The molecule has 0 bridgehead atoms. The van der Waals surface area contributed by atoms with Crippen molar-refractivity contribution in [3.05, 3.63) is 36.5 Å². The molecule has 0 radical (unpaired) electrons. The number of para-hydroxylation sites is 1. The topological polar surface area (TPSA) is 201 Å². The standard InChI is InChI=1S/C18H19N9O4S2/c19-32(28,29)17-14(33(30,31)25-11-6-7-20-9-11)5-4-12(15(17)18-23-26-27-24-18)13-3-1-2-10-8-21-22-16(10)13/h1-5,8,11,20,25H,6-7,9H2,(H,21,22)(H2,19,28,29)(H,23,24,26,27). The number of hydrogen-bond acceptors (Lipinski definition) is 9. The Morgan fingerprint density at radius 2 is 1.91 bits per heavy atom. The van der Waals surface area contributed by atoms with Crippen molar-refractivity contribution in [1.82, 2.24) is 40.9 Å². The fourth-order valence-corrected chi connectivity index (χ4v) is 6.89. The summed E-state index contributed by atoms with van der Waals surface area (Å²) in [4.78, 5) is -1.09. The molecule has 1 aliphatic heterocycles. The predicted molar refractivity (Wildman–Crippen MR) is 118 cm³/mol. The molecular weight excluding hydrogens is 470 g/mol. The van der Waals surface area contributed by atoms with Gasteiger partial charge in [0.1, 0.15) is 9.79 Å². The molecule has 2 aromatic heterocycles. The first-order chi connectivity index (χ1) is 15.8. The van der Waals surface area contributed by atoms with Gasteiger partial charge in [0.2, 0.25) is 20.0 Å². The molecule has 0 spiro atoms. The number of rotatable bonds is 6. The van der Waals surface area contributed by atoms with Crippen LogP contribution in [0.1, 0.15) is 6.42 Å². The van der Waals surface area contributed by atoms with Gasteiger partial charge < -0.3 is 5.32 Å². The number of nitrogens with two attached hydrogens (primary N) is 1. The van der Waals surface area contributed by atoms with Crippen LogP contribution in [0.15, 0.2) is 46.3 Å². The van der Waals surface area contributed by atoms with Gasteiger partial charge >= 0.3 is 0 Å². The maximum Gasteiger partial charge on any atom is 0.242 e. The van der Waals surface area contributed by atoms with Gasteiger partial charge in [0.25, 0.3) is 0 Å². The number of nitrogens with zero attached hydrogens (tertiary/aromatic N) is 4. The van der Waals surface area contributed by atoms with Crippen LogP contribution in [0, 0.1) is 0 Å². The second kappa shape index (κ2) is 7.96. The number of sulfonamides is 2. The molecule has 0 saturated carbocycles. The summed E-state index contributed by atoms with van der Waals surface area (Å²) >= 11 is 0. The molecule has 0 amide bonds. The first kappa shape index (κ1) is 21.6. The third-order valence-electron chi connectivity index (χ3n) is 5.43. The van der Waals surface area contributed by atoms with E-state index in [0.29, 0.717) is 36.2 Å². The van der Waals surface area contributed by atoms with Crippen molar-refractivity contribution >= 4 is 30.9 Å². The van der Waals surface area contributed by atoms with Gasteiger partial charge in [-0.3, -0.25) is 5.10 Å². The molecule has 1 aliphatic rings. The third kappa shape index (κ3) is 3.89. The zero-order chi connectivity index (χ0) is 23.2. The SMILES string of the molecule is NS(=O)(=O)c1c(S(=O)(=O)NC2CCNC2)ccc(-c2cccc3cn[nH]c23)c1-c1nnn[nH]1. The molecule has 13 nitrogen and oxygen atoms in total. The van der Waals surface area contributed by atoms with Gasteiger partial charge in [0.05, 0.1) is 17.3 Å². The van der Waals surface area contributed by atoms with Crippen LogP contribution < -0.4 is 15.2 Å². The van der Waals surface area contributed by atoms with Crippen molar-refractivity contribution in [1.29, 1.82) is 0 Å². The number of primary sulfonamides is 1. The zero-order valence-corrected chi connectivity index (χ0v) is 18.6. The average molecular weight is 490 g/mol. The van der Waals surface area contributed by atoms with Gasteiger partial charge in [-0.25, -0.2) is 31.8 Å². The molecule has 5 rings (SSSR count). The number of fused-ring (bicyclic) bond motifs is 1. The van der Waals surface area contributed by atoms with Crippen LogP contribution in [0.2, 0.25) is 0 Å². The first-order valence-corrected chi connectivity index (χ1v) is 12.9. The number of tetrazole rings is 1. The summed E-state index contributed by atoms with van der Waals surface area (Å²) in [6, 6.07) is 7.69. The highest BCUT2D eigenvalue weighted by atomic mass is 32.2. The summed E-state index contributed by atoms with van der Waals surface area (Å²) in [5.41, 5.74) is 1.49. The lowest BCUT2D eigenvalue weighted by Crippen LogP contribution is -2.37. The molecule has 4 aromatic rings. The second-order valence-corrected chi connectivity index (χ2v) is 10.7. The molecule has 2 aromatic carbocycles. The molecule has 172 valence electrons. The summed E-state index contributed by atoms with van der Waals surface area (Å²) in [6.07, 6.45) is 2.19. The predicted octanol–water partition coefficient (Wildman–Crippen LogP) is -0.302. The van der Waals surface area contributed by atoms with Crippen molar-refractivity contribution < 1.29 is 16.8 Å². The molecular formula is C18H19N9O4S2. The molecule has 1 saturated heterocycles. The van der Waals surface area contributed by atoms with Crippen molar-refractivity contribution in [2.75, 3.05) is 13.1 Å². The van der Waals surface area contributed by atoms with Crippen LogP contribution in [0.5, 0.6) is 0 Å². The van der Waals surface area contributed by atoms with E-state index in [-0.39, 0.29) is 17.4 Å². The minimum absolute atomic E-state index is 0.0508. The van der Waals surface area contributed by atoms with Crippen LogP contribution in [0.25, 0.3) is 33.4 Å². The van der Waals surface area contributed by atoms with Gasteiger partial charge in [-0.15, -0.1) is 5.10 Å². The smallest absolute Gasteiger partial charge is 0.242 e. The number of H-pyrrole nitrogens is 2. The highest BCUT2D eigenvalue weighted by Gasteiger charge is 2.33. The Balaban J connectivity index is 1.82. The van der Waals surface area contributed by atoms with E-state index >= 15 is 0 Å². The Labute approximate surface area is 188 Å². The molecule has 6 N–H and O–H groups in total. The first-order valence-electron chi connectivity index (χ1n) is 9.85. The molecule has 1 atom stereocenters. The minimum atomic E-state index is -4.55. The summed E-state index contributed by atoms with van der Waals surface area (Å²) in [5, 5.41) is 29.8. The summed E-state index contributed by atoms with van der Waals surface area (Å²) in [5.74, 6) is -0.0508. The van der Waals surface area contributed by atoms with E-state index in [2.05, 4.69) is 40.9 Å². The lowest BCUT2D eigenvalue weighted by molar-refractivity contribution is 0.555. The normalized spacial score (nSPS) is 17.1. The van der Waals surface area contributed by atoms with E-state index in [4.69, 9.17) is 5.14 Å². The Bertz CT molecular complexity index is 1540. The Kier molecular flexibility index (Phi) is 5.21. The summed E-state index contributed by atoms with van der Waals surface area (Å²) in [7, 11) is -8.81. The number of nitrogens with one attached hydrogen (secondary N) is 4. The van der Waals surface area contributed by atoms with E-state index < -0.39 is 29.8 Å². The number of aromatic amines is 2. The van der Waals surface area contributed by atoms with Crippen molar-refractivity contribution in [2.45, 2.75) is 22.3 Å². The van der Waals surface area contributed by atoms with Crippen LogP contribution >= 0.6 is 0 Å². The lowest BCUT2D eigenvalue weighted by Gasteiger charge is -2.18. The maximum atomic E-state index is 13.3. The molecule has 3 heterocycles. The Morgan fingerprint density at radius 3 is 2.61 bits per heavy atom. The highest BCUT2D eigenvalue weighted by Crippen LogP contribution is 2.40. The van der Waals surface area contributed by atoms with Gasteiger partial charge in [0.15, 0.2) is 5.82 Å². The van der Waals surface area contributed by atoms with E-state index in [1.165, 1.54) is 12.1 Å². The largest absolute Gasteiger partial charge is 0.315 e. The van der Waals surface area contributed by atoms with Crippen LogP contribution in [0.4, 0.5) is 0 Å². The third-order valence-corrected chi connectivity index (χ3v) is 8.11. The number of benzene rings is 2.